The van der Waals surface area contributed by atoms with Crippen LogP contribution in [-0.2, 0) is 4.43 Å². The molecular formula is C24H19ClO3Si. The van der Waals surface area contributed by atoms with Crippen LogP contribution in [0.25, 0.3) is 0 Å². The van der Waals surface area contributed by atoms with Gasteiger partial charge in [0.05, 0.1) is 0 Å². The summed E-state index contributed by atoms with van der Waals surface area (Å²) in [6.07, 6.45) is 0. The second-order valence-electron chi connectivity index (χ2n) is 6.86. The van der Waals surface area contributed by atoms with Gasteiger partial charge in [-0.2, -0.15) is 0 Å². The molecule has 0 amide bonds. The van der Waals surface area contributed by atoms with E-state index in [9.17, 15) is 9.59 Å². The smallest absolute Gasteiger partial charge is 0.314 e. The predicted molar refractivity (Wildman–Crippen MR) is 117 cm³/mol. The topological polar surface area (TPSA) is 43.4 Å². The van der Waals surface area contributed by atoms with Crippen LogP contribution in [0.2, 0.25) is 6.04 Å². The van der Waals surface area contributed by atoms with E-state index < -0.39 is 8.32 Å². The summed E-state index contributed by atoms with van der Waals surface area (Å²) in [6.45, 7) is 2.05. The van der Waals surface area contributed by atoms with Gasteiger partial charge in [0, 0.05) is 11.1 Å². The molecule has 3 aromatic carbocycles. The molecule has 1 aliphatic carbocycles. The Morgan fingerprint density at radius 2 is 1.17 bits per heavy atom. The molecule has 0 spiro atoms. The van der Waals surface area contributed by atoms with Gasteiger partial charge in [0.15, 0.2) is 5.76 Å². The first kappa shape index (κ1) is 19.4. The lowest BCUT2D eigenvalue weighted by molar-refractivity contribution is 0.0941. The number of allylic oxidation sites excluding steroid dienone is 2. The number of carbonyl (C=O) groups is 2. The lowest BCUT2D eigenvalue weighted by Crippen LogP contribution is -2.60. The van der Waals surface area contributed by atoms with Crippen molar-refractivity contribution < 1.29 is 14.0 Å². The molecule has 0 N–H and O–H groups in total. The van der Waals surface area contributed by atoms with Gasteiger partial charge in [-0.3, -0.25) is 9.59 Å². The Hall–Kier alpha value is -2.95. The zero-order chi connectivity index (χ0) is 20.4. The minimum Gasteiger partial charge on any atom is -0.531 e. The Morgan fingerprint density at radius 3 is 1.66 bits per heavy atom. The summed E-state index contributed by atoms with van der Waals surface area (Å²) in [6, 6.07) is 27.2. The van der Waals surface area contributed by atoms with Gasteiger partial charge in [-0.15, -0.1) is 0 Å². The summed E-state index contributed by atoms with van der Waals surface area (Å²) >= 11 is 6.40. The van der Waals surface area contributed by atoms with Crippen molar-refractivity contribution in [3.8, 4) is 0 Å². The van der Waals surface area contributed by atoms with Crippen molar-refractivity contribution in [2.45, 2.75) is 13.0 Å². The number of ketones is 2. The quantitative estimate of drug-likeness (QED) is 0.580. The molecule has 1 aliphatic rings. The third-order valence-electron chi connectivity index (χ3n) is 5.28. The maximum atomic E-state index is 13.2. The van der Waals surface area contributed by atoms with E-state index in [1.165, 1.54) is 0 Å². The SMILES string of the molecule is CC[Si](OC1=C(Cl)C(=O)c2ccccc2C1=O)(c1ccccc1)c1ccccc1. The lowest BCUT2D eigenvalue weighted by Gasteiger charge is -2.34. The Morgan fingerprint density at radius 1 is 0.724 bits per heavy atom. The normalized spacial score (nSPS) is 14.0. The summed E-state index contributed by atoms with van der Waals surface area (Å²) < 4.78 is 6.57. The molecule has 0 unspecified atom stereocenters. The third kappa shape index (κ3) is 3.24. The first-order chi connectivity index (χ1) is 14.1. The molecule has 4 rings (SSSR count). The van der Waals surface area contributed by atoms with Crippen molar-refractivity contribution >= 4 is 41.9 Å². The second kappa shape index (κ2) is 7.82. The minimum absolute atomic E-state index is 0.0448. The lowest BCUT2D eigenvalue weighted by atomic mass is 9.94. The van der Waals surface area contributed by atoms with E-state index in [1.807, 2.05) is 67.6 Å². The van der Waals surface area contributed by atoms with E-state index in [-0.39, 0.29) is 22.4 Å². The Labute approximate surface area is 175 Å². The number of fused-ring (bicyclic) bond motifs is 1. The monoisotopic (exact) mass is 418 g/mol. The number of benzene rings is 3. The van der Waals surface area contributed by atoms with Crippen molar-refractivity contribution in [3.05, 3.63) is 107 Å². The van der Waals surface area contributed by atoms with Crippen LogP contribution >= 0.6 is 11.6 Å². The zero-order valence-electron chi connectivity index (χ0n) is 15.9. The molecular weight excluding hydrogens is 400 g/mol. The Balaban J connectivity index is 1.89. The van der Waals surface area contributed by atoms with Gasteiger partial charge in [-0.25, -0.2) is 0 Å². The van der Waals surface area contributed by atoms with Crippen molar-refractivity contribution in [3.63, 3.8) is 0 Å². The fraction of sp³-hybridized carbons (Fsp3) is 0.0833. The molecule has 0 aliphatic heterocycles. The number of rotatable bonds is 5. The molecule has 29 heavy (non-hydrogen) atoms. The summed E-state index contributed by atoms with van der Waals surface area (Å²) in [4.78, 5) is 26.0. The van der Waals surface area contributed by atoms with Crippen molar-refractivity contribution in [1.82, 2.24) is 0 Å². The highest BCUT2D eigenvalue weighted by Crippen LogP contribution is 2.31. The van der Waals surface area contributed by atoms with Crippen LogP contribution in [-0.4, -0.2) is 19.9 Å². The van der Waals surface area contributed by atoms with Gasteiger partial charge in [0.1, 0.15) is 5.03 Å². The summed E-state index contributed by atoms with van der Waals surface area (Å²) in [5.41, 5.74) is 0.648. The first-order valence-electron chi connectivity index (χ1n) is 9.46. The summed E-state index contributed by atoms with van der Waals surface area (Å²) in [5.74, 6) is -0.768. The van der Waals surface area contributed by atoms with Crippen LogP contribution in [0, 0.1) is 0 Å². The highest BCUT2D eigenvalue weighted by Gasteiger charge is 2.44. The van der Waals surface area contributed by atoms with Gasteiger partial charge >= 0.3 is 8.32 Å². The van der Waals surface area contributed by atoms with Gasteiger partial charge in [0.2, 0.25) is 11.6 Å². The number of hydrogen-bond donors (Lipinski definition) is 0. The third-order valence-corrected chi connectivity index (χ3v) is 9.70. The van der Waals surface area contributed by atoms with Gasteiger partial charge < -0.3 is 4.43 Å². The van der Waals surface area contributed by atoms with Crippen LogP contribution in [0.4, 0.5) is 0 Å². The van der Waals surface area contributed by atoms with E-state index in [1.54, 1.807) is 24.3 Å². The van der Waals surface area contributed by atoms with E-state index in [2.05, 4.69) is 0 Å². The van der Waals surface area contributed by atoms with E-state index in [0.29, 0.717) is 17.2 Å². The van der Waals surface area contributed by atoms with E-state index >= 15 is 0 Å². The van der Waals surface area contributed by atoms with Crippen LogP contribution < -0.4 is 10.4 Å². The number of Topliss-reactive ketones (excluding diaryl/α,β-unsaturated/α-hetero) is 2. The molecule has 144 valence electrons. The molecule has 0 fully saturated rings. The Bertz CT molecular complexity index is 1070. The molecule has 0 aromatic heterocycles. The highest BCUT2D eigenvalue weighted by atomic mass is 35.5. The maximum absolute atomic E-state index is 13.2. The largest absolute Gasteiger partial charge is 0.531 e. The summed E-state index contributed by atoms with van der Waals surface area (Å²) in [5, 5.41) is 1.89. The fourth-order valence-corrected chi connectivity index (χ4v) is 7.59. The fourth-order valence-electron chi connectivity index (χ4n) is 3.77. The first-order valence-corrected chi connectivity index (χ1v) is 12.0. The molecule has 0 bridgehead atoms. The molecule has 3 aromatic rings. The Kier molecular flexibility index (Phi) is 5.22. The van der Waals surface area contributed by atoms with Gasteiger partial charge in [-0.05, 0) is 16.4 Å². The second-order valence-corrected chi connectivity index (χ2v) is 11.0. The molecule has 0 saturated carbocycles. The number of carbonyl (C=O) groups excluding carboxylic acids is 2. The van der Waals surface area contributed by atoms with Crippen LogP contribution in [0.1, 0.15) is 27.6 Å². The average Bonchev–Trinajstić information content (AvgIpc) is 2.79. The standard InChI is InChI=1S/C24H19ClO3Si/c1-2-29(17-11-5-3-6-12-17,18-13-7-4-8-14-18)28-24-21(25)22(26)19-15-9-10-16-20(19)23(24)27/h3-16H,2H2,1H3. The van der Waals surface area contributed by atoms with Crippen molar-refractivity contribution in [1.29, 1.82) is 0 Å². The van der Waals surface area contributed by atoms with Crippen molar-refractivity contribution in [2.24, 2.45) is 0 Å². The minimum atomic E-state index is -2.86. The number of hydrogen-bond acceptors (Lipinski definition) is 3. The molecule has 3 nitrogen and oxygen atoms in total. The molecule has 0 radical (unpaired) electrons. The zero-order valence-corrected chi connectivity index (χ0v) is 17.6. The summed E-state index contributed by atoms with van der Waals surface area (Å²) in [7, 11) is -2.86. The van der Waals surface area contributed by atoms with Gasteiger partial charge in [0.25, 0.3) is 0 Å². The molecule has 0 saturated heterocycles. The van der Waals surface area contributed by atoms with E-state index in [0.717, 1.165) is 10.4 Å². The van der Waals surface area contributed by atoms with Crippen molar-refractivity contribution in [2.75, 3.05) is 0 Å². The molecule has 0 heterocycles. The molecule has 0 atom stereocenters. The van der Waals surface area contributed by atoms with Crippen LogP contribution in [0.15, 0.2) is 95.7 Å². The molecule has 5 heteroatoms. The van der Waals surface area contributed by atoms with Gasteiger partial charge in [-0.1, -0.05) is 103 Å². The number of halogens is 1. The van der Waals surface area contributed by atoms with Crippen LogP contribution in [0.5, 0.6) is 0 Å². The maximum Gasteiger partial charge on any atom is 0.314 e. The highest BCUT2D eigenvalue weighted by molar-refractivity contribution is 6.97. The van der Waals surface area contributed by atoms with Crippen LogP contribution in [0.3, 0.4) is 0 Å². The predicted octanol–water partition coefficient (Wildman–Crippen LogP) is 4.31. The average molecular weight is 419 g/mol. The van der Waals surface area contributed by atoms with E-state index in [4.69, 9.17) is 16.0 Å².